The van der Waals surface area contributed by atoms with E-state index in [0.29, 0.717) is 19.6 Å². The lowest BCUT2D eigenvalue weighted by Crippen LogP contribution is -2.07. The minimum Gasteiger partial charge on any atom is -0.481 e. The van der Waals surface area contributed by atoms with Gasteiger partial charge in [-0.25, -0.2) is 0 Å². The van der Waals surface area contributed by atoms with Crippen molar-refractivity contribution in [3.05, 3.63) is 12.2 Å². The molecule has 0 aliphatic carbocycles. The summed E-state index contributed by atoms with van der Waals surface area (Å²) in [5.74, 6) is -1.32. The summed E-state index contributed by atoms with van der Waals surface area (Å²) in [5, 5.41) is 8.30. The van der Waals surface area contributed by atoms with Crippen molar-refractivity contribution in [1.29, 1.82) is 0 Å². The first kappa shape index (κ1) is 12.8. The van der Waals surface area contributed by atoms with Gasteiger partial charge in [0, 0.05) is 13.0 Å². The summed E-state index contributed by atoms with van der Waals surface area (Å²) in [6, 6.07) is 0. The lowest BCUT2D eigenvalue weighted by molar-refractivity contribution is -0.140. The average molecular weight is 200 g/mol. The summed E-state index contributed by atoms with van der Waals surface area (Å²) in [6.07, 6.45) is 0.447. The Labute approximate surface area is 83.6 Å². The molecule has 4 heteroatoms. The molecule has 0 saturated carbocycles. The Kier molecular flexibility index (Phi) is 6.66. The fourth-order valence-corrected chi connectivity index (χ4v) is 0.875. The molecule has 0 unspecified atom stereocenters. The third-order valence-electron chi connectivity index (χ3n) is 1.44. The zero-order chi connectivity index (χ0) is 11.0. The molecule has 0 amide bonds. The second kappa shape index (κ2) is 7.26. The summed E-state index contributed by atoms with van der Waals surface area (Å²) >= 11 is 0. The van der Waals surface area contributed by atoms with Gasteiger partial charge in [0.05, 0.1) is 6.61 Å². The predicted molar refractivity (Wildman–Crippen MR) is 52.1 cm³/mol. The molecule has 0 aromatic rings. The molecule has 0 spiro atoms. The summed E-state index contributed by atoms with van der Waals surface area (Å²) < 4.78 is 5.15. The number of hydrogen-bond acceptors (Lipinski definition) is 3. The number of carboxylic acid groups (broad SMARTS) is 1. The van der Waals surface area contributed by atoms with E-state index in [1.807, 2.05) is 6.92 Å². The monoisotopic (exact) mass is 200 g/mol. The molecule has 0 rings (SSSR count). The average Bonchev–Trinajstić information content (AvgIpc) is 2.01. The van der Waals surface area contributed by atoms with E-state index in [-0.39, 0.29) is 18.6 Å². The standard InChI is InChI=1S/C10H16O4/c1-8(2)7-14-5-3-4-9(11)6-10(12)13/h1,3-7H2,2H3,(H,12,13). The number of carboxylic acids is 1. The van der Waals surface area contributed by atoms with Crippen molar-refractivity contribution in [3.63, 3.8) is 0 Å². The lowest BCUT2D eigenvalue weighted by atomic mass is 10.2. The Balaban J connectivity index is 3.32. The largest absolute Gasteiger partial charge is 0.481 e. The van der Waals surface area contributed by atoms with Crippen molar-refractivity contribution in [2.45, 2.75) is 26.2 Å². The van der Waals surface area contributed by atoms with Crippen molar-refractivity contribution in [2.24, 2.45) is 0 Å². The number of Topliss-reactive ketones (excluding diaryl/α,β-unsaturated/α-hetero) is 1. The Hall–Kier alpha value is -1.16. The maximum absolute atomic E-state index is 10.9. The molecule has 0 aromatic carbocycles. The predicted octanol–water partition coefficient (Wildman–Crippen LogP) is 1.40. The number of carbonyl (C=O) groups excluding carboxylic acids is 1. The van der Waals surface area contributed by atoms with Gasteiger partial charge < -0.3 is 9.84 Å². The number of ketones is 1. The first-order chi connectivity index (χ1) is 6.52. The van der Waals surface area contributed by atoms with E-state index < -0.39 is 5.97 Å². The number of carbonyl (C=O) groups is 2. The van der Waals surface area contributed by atoms with Crippen LogP contribution in [0.5, 0.6) is 0 Å². The van der Waals surface area contributed by atoms with Gasteiger partial charge in [-0.3, -0.25) is 9.59 Å². The Bertz CT molecular complexity index is 220. The van der Waals surface area contributed by atoms with E-state index in [4.69, 9.17) is 9.84 Å². The Morgan fingerprint density at radius 3 is 2.57 bits per heavy atom. The van der Waals surface area contributed by atoms with Crippen LogP contribution in [0.4, 0.5) is 0 Å². The number of aliphatic carboxylic acids is 1. The van der Waals surface area contributed by atoms with Gasteiger partial charge in [0.1, 0.15) is 12.2 Å². The van der Waals surface area contributed by atoms with Crippen LogP contribution < -0.4 is 0 Å². The number of hydrogen-bond donors (Lipinski definition) is 1. The van der Waals surface area contributed by atoms with Gasteiger partial charge in [-0.15, -0.1) is 0 Å². The molecule has 0 atom stereocenters. The summed E-state index contributed by atoms with van der Waals surface area (Å²) in [5.41, 5.74) is 0.932. The SMILES string of the molecule is C=C(C)COCCCC(=O)CC(=O)O. The minimum atomic E-state index is -1.07. The van der Waals surface area contributed by atoms with Crippen LogP contribution in [-0.2, 0) is 14.3 Å². The summed E-state index contributed by atoms with van der Waals surface area (Å²) in [6.45, 7) is 6.48. The maximum atomic E-state index is 10.9. The van der Waals surface area contributed by atoms with Crippen molar-refractivity contribution < 1.29 is 19.4 Å². The van der Waals surface area contributed by atoms with Gasteiger partial charge >= 0.3 is 5.97 Å². The number of ether oxygens (including phenoxy) is 1. The lowest BCUT2D eigenvalue weighted by Gasteiger charge is -2.02. The molecule has 0 fully saturated rings. The van der Waals surface area contributed by atoms with Gasteiger partial charge in [-0.05, 0) is 13.3 Å². The van der Waals surface area contributed by atoms with Crippen LogP contribution in [0.3, 0.4) is 0 Å². The second-order valence-electron chi connectivity index (χ2n) is 3.22. The van der Waals surface area contributed by atoms with Gasteiger partial charge in [-0.1, -0.05) is 12.2 Å². The van der Waals surface area contributed by atoms with Crippen LogP contribution in [0.25, 0.3) is 0 Å². The highest BCUT2D eigenvalue weighted by Crippen LogP contribution is 1.97. The smallest absolute Gasteiger partial charge is 0.310 e. The van der Waals surface area contributed by atoms with E-state index >= 15 is 0 Å². The highest BCUT2D eigenvalue weighted by molar-refractivity contribution is 5.94. The first-order valence-electron chi connectivity index (χ1n) is 4.48. The molecular formula is C10H16O4. The van der Waals surface area contributed by atoms with Crippen molar-refractivity contribution in [1.82, 2.24) is 0 Å². The molecule has 14 heavy (non-hydrogen) atoms. The highest BCUT2D eigenvalue weighted by atomic mass is 16.5. The van der Waals surface area contributed by atoms with Gasteiger partial charge in [0.25, 0.3) is 0 Å². The van der Waals surface area contributed by atoms with Crippen molar-refractivity contribution in [3.8, 4) is 0 Å². The quantitative estimate of drug-likeness (QED) is 0.365. The molecule has 0 saturated heterocycles. The molecular weight excluding hydrogens is 184 g/mol. The molecule has 0 aliphatic rings. The van der Waals surface area contributed by atoms with Crippen LogP contribution in [0.1, 0.15) is 26.2 Å². The topological polar surface area (TPSA) is 63.6 Å². The molecule has 0 aliphatic heterocycles. The van der Waals surface area contributed by atoms with Crippen molar-refractivity contribution >= 4 is 11.8 Å². The van der Waals surface area contributed by atoms with Crippen LogP contribution in [0, 0.1) is 0 Å². The summed E-state index contributed by atoms with van der Waals surface area (Å²) in [4.78, 5) is 21.0. The molecule has 0 radical (unpaired) electrons. The zero-order valence-corrected chi connectivity index (χ0v) is 8.41. The van der Waals surface area contributed by atoms with Crippen molar-refractivity contribution in [2.75, 3.05) is 13.2 Å². The number of rotatable bonds is 8. The van der Waals surface area contributed by atoms with E-state index in [2.05, 4.69) is 6.58 Å². The molecule has 80 valence electrons. The fraction of sp³-hybridized carbons (Fsp3) is 0.600. The molecule has 1 N–H and O–H groups in total. The fourth-order valence-electron chi connectivity index (χ4n) is 0.875. The third-order valence-corrected chi connectivity index (χ3v) is 1.44. The second-order valence-corrected chi connectivity index (χ2v) is 3.22. The van der Waals surface area contributed by atoms with E-state index in [1.165, 1.54) is 0 Å². The highest BCUT2D eigenvalue weighted by Gasteiger charge is 2.06. The minimum absolute atomic E-state index is 0.253. The molecule has 0 bridgehead atoms. The van der Waals surface area contributed by atoms with Gasteiger partial charge in [0.15, 0.2) is 0 Å². The van der Waals surface area contributed by atoms with Crippen LogP contribution in [-0.4, -0.2) is 30.1 Å². The Morgan fingerprint density at radius 1 is 1.43 bits per heavy atom. The summed E-state index contributed by atoms with van der Waals surface area (Å²) in [7, 11) is 0. The van der Waals surface area contributed by atoms with Crippen LogP contribution in [0.2, 0.25) is 0 Å². The Morgan fingerprint density at radius 2 is 2.07 bits per heavy atom. The van der Waals surface area contributed by atoms with Crippen LogP contribution in [0.15, 0.2) is 12.2 Å². The maximum Gasteiger partial charge on any atom is 0.310 e. The molecule has 0 heterocycles. The third kappa shape index (κ3) is 8.93. The van der Waals surface area contributed by atoms with Gasteiger partial charge in [0.2, 0.25) is 0 Å². The van der Waals surface area contributed by atoms with E-state index in [1.54, 1.807) is 0 Å². The van der Waals surface area contributed by atoms with E-state index in [0.717, 1.165) is 5.57 Å². The molecule has 0 aromatic heterocycles. The molecule has 4 nitrogen and oxygen atoms in total. The first-order valence-corrected chi connectivity index (χ1v) is 4.48. The van der Waals surface area contributed by atoms with E-state index in [9.17, 15) is 9.59 Å². The van der Waals surface area contributed by atoms with Crippen LogP contribution >= 0.6 is 0 Å². The van der Waals surface area contributed by atoms with Gasteiger partial charge in [-0.2, -0.15) is 0 Å². The zero-order valence-electron chi connectivity index (χ0n) is 8.41. The normalized spacial score (nSPS) is 9.79.